The molecular weight excluding hydrogens is 192 g/mol. The van der Waals surface area contributed by atoms with Crippen LogP contribution >= 0.6 is 0 Å². The monoisotopic (exact) mass is 210 g/mol. The highest BCUT2D eigenvalue weighted by Crippen LogP contribution is 2.19. The summed E-state index contributed by atoms with van der Waals surface area (Å²) in [5.74, 6) is 1.07. The van der Waals surface area contributed by atoms with Crippen LogP contribution in [0.2, 0.25) is 0 Å². The number of aliphatic hydroxyl groups is 1. The largest absolute Gasteiger partial charge is 0.396 e. The molecule has 0 unspecified atom stereocenters. The van der Waals surface area contributed by atoms with E-state index >= 15 is 0 Å². The Bertz CT molecular complexity index is 327. The SMILES string of the molecule is CC(C)N(CCO)c1ccc(N)c(N)n1. The number of hydrogen-bond acceptors (Lipinski definition) is 5. The van der Waals surface area contributed by atoms with Gasteiger partial charge in [-0.1, -0.05) is 0 Å². The molecule has 0 bridgehead atoms. The van der Waals surface area contributed by atoms with Crippen molar-refractivity contribution in [2.24, 2.45) is 0 Å². The van der Waals surface area contributed by atoms with Crippen molar-refractivity contribution >= 4 is 17.3 Å². The van der Waals surface area contributed by atoms with Crippen LogP contribution in [-0.4, -0.2) is 29.3 Å². The van der Waals surface area contributed by atoms with Crippen molar-refractivity contribution in [2.75, 3.05) is 29.5 Å². The first-order valence-corrected chi connectivity index (χ1v) is 4.95. The van der Waals surface area contributed by atoms with Crippen molar-refractivity contribution in [1.82, 2.24) is 4.98 Å². The average molecular weight is 210 g/mol. The minimum absolute atomic E-state index is 0.0874. The van der Waals surface area contributed by atoms with Crippen molar-refractivity contribution in [3.8, 4) is 0 Å². The van der Waals surface area contributed by atoms with E-state index in [2.05, 4.69) is 4.98 Å². The molecule has 5 nitrogen and oxygen atoms in total. The molecule has 84 valence electrons. The summed E-state index contributed by atoms with van der Waals surface area (Å²) >= 11 is 0. The van der Waals surface area contributed by atoms with Gasteiger partial charge in [0.05, 0.1) is 12.3 Å². The molecule has 5 heteroatoms. The Kier molecular flexibility index (Phi) is 3.74. The van der Waals surface area contributed by atoms with E-state index in [1.807, 2.05) is 18.7 Å². The zero-order valence-corrected chi connectivity index (χ0v) is 9.14. The Morgan fingerprint density at radius 2 is 2.07 bits per heavy atom. The van der Waals surface area contributed by atoms with Crippen LogP contribution in [0.1, 0.15) is 13.8 Å². The van der Waals surface area contributed by atoms with Crippen molar-refractivity contribution < 1.29 is 5.11 Å². The summed E-state index contributed by atoms with van der Waals surface area (Å²) < 4.78 is 0. The van der Waals surface area contributed by atoms with E-state index in [0.29, 0.717) is 18.1 Å². The first-order chi connectivity index (χ1) is 7.06. The van der Waals surface area contributed by atoms with Crippen LogP contribution in [0, 0.1) is 0 Å². The molecule has 0 aromatic carbocycles. The van der Waals surface area contributed by atoms with Crippen LogP contribution < -0.4 is 16.4 Å². The summed E-state index contributed by atoms with van der Waals surface area (Å²) in [4.78, 5) is 6.15. The van der Waals surface area contributed by atoms with Crippen molar-refractivity contribution in [1.29, 1.82) is 0 Å². The lowest BCUT2D eigenvalue weighted by molar-refractivity contribution is 0.298. The van der Waals surface area contributed by atoms with Gasteiger partial charge < -0.3 is 21.5 Å². The van der Waals surface area contributed by atoms with Gasteiger partial charge in [-0.3, -0.25) is 0 Å². The fraction of sp³-hybridized carbons (Fsp3) is 0.500. The third-order valence-electron chi connectivity index (χ3n) is 2.20. The minimum Gasteiger partial charge on any atom is -0.396 e. The molecule has 1 rings (SSSR count). The van der Waals surface area contributed by atoms with Gasteiger partial charge in [0.25, 0.3) is 0 Å². The van der Waals surface area contributed by atoms with E-state index in [1.165, 1.54) is 0 Å². The van der Waals surface area contributed by atoms with Crippen LogP contribution in [-0.2, 0) is 0 Å². The Hall–Kier alpha value is -1.49. The highest BCUT2D eigenvalue weighted by molar-refractivity contribution is 5.62. The lowest BCUT2D eigenvalue weighted by atomic mass is 10.3. The second kappa shape index (κ2) is 4.84. The molecule has 0 saturated carbocycles. The summed E-state index contributed by atoms with van der Waals surface area (Å²) in [5.41, 5.74) is 11.7. The maximum absolute atomic E-state index is 8.95. The predicted molar refractivity (Wildman–Crippen MR) is 62.6 cm³/mol. The van der Waals surface area contributed by atoms with Gasteiger partial charge in [0.15, 0.2) is 0 Å². The fourth-order valence-electron chi connectivity index (χ4n) is 1.38. The van der Waals surface area contributed by atoms with E-state index < -0.39 is 0 Å². The van der Waals surface area contributed by atoms with Gasteiger partial charge in [-0.2, -0.15) is 0 Å². The lowest BCUT2D eigenvalue weighted by Gasteiger charge is -2.27. The van der Waals surface area contributed by atoms with Crippen molar-refractivity contribution in [2.45, 2.75) is 19.9 Å². The third kappa shape index (κ3) is 2.73. The highest BCUT2D eigenvalue weighted by Gasteiger charge is 2.11. The number of pyridine rings is 1. The number of nitrogens with zero attached hydrogens (tertiary/aromatic N) is 2. The van der Waals surface area contributed by atoms with E-state index in [9.17, 15) is 0 Å². The van der Waals surface area contributed by atoms with Crippen LogP contribution in [0.4, 0.5) is 17.3 Å². The summed E-state index contributed by atoms with van der Waals surface area (Å²) in [6.45, 7) is 4.69. The van der Waals surface area contributed by atoms with E-state index in [4.69, 9.17) is 16.6 Å². The first kappa shape index (κ1) is 11.6. The summed E-state index contributed by atoms with van der Waals surface area (Å²) in [6.07, 6.45) is 0. The molecule has 0 atom stereocenters. The van der Waals surface area contributed by atoms with Crippen LogP contribution in [0.3, 0.4) is 0 Å². The van der Waals surface area contributed by atoms with Crippen LogP contribution in [0.5, 0.6) is 0 Å². The van der Waals surface area contributed by atoms with Crippen LogP contribution in [0.25, 0.3) is 0 Å². The summed E-state index contributed by atoms with van der Waals surface area (Å²) in [5, 5.41) is 8.95. The molecule has 0 saturated heterocycles. The molecule has 1 aromatic rings. The molecule has 1 heterocycles. The number of rotatable bonds is 4. The standard InChI is InChI=1S/C10H18N4O/c1-7(2)14(5-6-15)9-4-3-8(11)10(12)13-9/h3-4,7,15H,5-6,11H2,1-2H3,(H2,12,13). The van der Waals surface area contributed by atoms with Gasteiger partial charge in [-0.15, -0.1) is 0 Å². The second-order valence-electron chi connectivity index (χ2n) is 3.65. The normalized spacial score (nSPS) is 10.7. The van der Waals surface area contributed by atoms with Gasteiger partial charge in [0.1, 0.15) is 11.6 Å². The quantitative estimate of drug-likeness (QED) is 0.671. The van der Waals surface area contributed by atoms with Gasteiger partial charge in [0, 0.05) is 12.6 Å². The highest BCUT2D eigenvalue weighted by atomic mass is 16.3. The Morgan fingerprint density at radius 1 is 1.40 bits per heavy atom. The van der Waals surface area contributed by atoms with Gasteiger partial charge in [-0.05, 0) is 26.0 Å². The minimum atomic E-state index is 0.0874. The summed E-state index contributed by atoms with van der Waals surface area (Å²) in [6, 6.07) is 3.79. The number of aliphatic hydroxyl groups excluding tert-OH is 1. The zero-order chi connectivity index (χ0) is 11.4. The number of aromatic nitrogens is 1. The van der Waals surface area contributed by atoms with Crippen molar-refractivity contribution in [3.63, 3.8) is 0 Å². The fourth-order valence-corrected chi connectivity index (χ4v) is 1.38. The molecule has 0 amide bonds. The Balaban J connectivity index is 2.95. The van der Waals surface area contributed by atoms with E-state index in [0.717, 1.165) is 5.82 Å². The molecule has 0 aliphatic rings. The molecule has 0 aliphatic heterocycles. The van der Waals surface area contributed by atoms with Gasteiger partial charge in [-0.25, -0.2) is 4.98 Å². The molecule has 0 fully saturated rings. The molecule has 0 spiro atoms. The van der Waals surface area contributed by atoms with E-state index in [-0.39, 0.29) is 12.6 Å². The number of nitrogen functional groups attached to an aromatic ring is 2. The van der Waals surface area contributed by atoms with Gasteiger partial charge >= 0.3 is 0 Å². The molecule has 0 radical (unpaired) electrons. The van der Waals surface area contributed by atoms with Crippen LogP contribution in [0.15, 0.2) is 12.1 Å². The van der Waals surface area contributed by atoms with Crippen molar-refractivity contribution in [3.05, 3.63) is 12.1 Å². The predicted octanol–water partition coefficient (Wildman–Crippen LogP) is 0.453. The number of hydrogen-bond donors (Lipinski definition) is 3. The first-order valence-electron chi connectivity index (χ1n) is 4.95. The average Bonchev–Trinajstić information content (AvgIpc) is 2.18. The topological polar surface area (TPSA) is 88.4 Å². The maximum atomic E-state index is 8.95. The number of nitrogens with two attached hydrogens (primary N) is 2. The maximum Gasteiger partial charge on any atom is 0.149 e. The molecule has 1 aromatic heterocycles. The van der Waals surface area contributed by atoms with E-state index in [1.54, 1.807) is 12.1 Å². The number of anilines is 3. The molecular formula is C10H18N4O. The smallest absolute Gasteiger partial charge is 0.149 e. The molecule has 5 N–H and O–H groups in total. The Morgan fingerprint density at radius 3 is 2.53 bits per heavy atom. The Labute approximate surface area is 89.7 Å². The third-order valence-corrected chi connectivity index (χ3v) is 2.20. The lowest BCUT2D eigenvalue weighted by Crippen LogP contribution is -2.34. The van der Waals surface area contributed by atoms with Gasteiger partial charge in [0.2, 0.25) is 0 Å². The molecule has 0 aliphatic carbocycles. The molecule has 15 heavy (non-hydrogen) atoms. The second-order valence-corrected chi connectivity index (χ2v) is 3.65. The summed E-state index contributed by atoms with van der Waals surface area (Å²) in [7, 11) is 0. The zero-order valence-electron chi connectivity index (χ0n) is 9.14.